The molecule has 0 aromatic carbocycles. The van der Waals surface area contributed by atoms with Gasteiger partial charge in [-0.1, -0.05) is 0 Å². The van der Waals surface area contributed by atoms with Crippen LogP contribution in [-0.4, -0.2) is 81.2 Å². The standard InChI is InChI=1S/C17H32N4O4S/c1-4-18-17(19-12-15-9-7-11-21(15)26(3,23)24)20-10-6-8-14(13-20)16(22)25-5-2/h14-15H,4-13H2,1-3H3,(H,18,19)/t14-,15-/m1/s1. The summed E-state index contributed by atoms with van der Waals surface area (Å²) in [5, 5.41) is 3.28. The van der Waals surface area contributed by atoms with Crippen LogP contribution in [0.25, 0.3) is 0 Å². The molecule has 0 aromatic heterocycles. The van der Waals surface area contributed by atoms with Crippen molar-refractivity contribution in [1.29, 1.82) is 0 Å². The maximum atomic E-state index is 12.1. The molecule has 0 unspecified atom stereocenters. The average molecular weight is 389 g/mol. The molecule has 0 aromatic rings. The minimum absolute atomic E-state index is 0.0794. The minimum atomic E-state index is -3.19. The molecule has 2 saturated heterocycles. The molecule has 2 aliphatic heterocycles. The van der Waals surface area contributed by atoms with Crippen LogP contribution in [-0.2, 0) is 19.6 Å². The average Bonchev–Trinajstić information content (AvgIpc) is 3.08. The quantitative estimate of drug-likeness (QED) is 0.408. The van der Waals surface area contributed by atoms with Gasteiger partial charge in [0.25, 0.3) is 0 Å². The van der Waals surface area contributed by atoms with Crippen LogP contribution in [0.15, 0.2) is 4.99 Å². The van der Waals surface area contributed by atoms with Crippen LogP contribution in [0.1, 0.15) is 39.5 Å². The van der Waals surface area contributed by atoms with E-state index in [1.165, 1.54) is 6.26 Å². The molecule has 2 atom stereocenters. The van der Waals surface area contributed by atoms with Gasteiger partial charge in [-0.15, -0.1) is 0 Å². The lowest BCUT2D eigenvalue weighted by atomic mass is 9.98. The Morgan fingerprint density at radius 2 is 1.96 bits per heavy atom. The number of esters is 1. The first-order chi connectivity index (χ1) is 12.4. The smallest absolute Gasteiger partial charge is 0.310 e. The third kappa shape index (κ3) is 5.57. The Bertz CT molecular complexity index is 608. The summed E-state index contributed by atoms with van der Waals surface area (Å²) in [6.45, 7) is 7.37. The Labute approximate surface area is 157 Å². The fraction of sp³-hybridized carbons (Fsp3) is 0.882. The first-order valence-electron chi connectivity index (χ1n) is 9.53. The van der Waals surface area contributed by atoms with E-state index in [9.17, 15) is 13.2 Å². The molecular weight excluding hydrogens is 356 g/mol. The number of hydrogen-bond acceptors (Lipinski definition) is 5. The predicted octanol–water partition coefficient (Wildman–Crippen LogP) is 0.651. The Balaban J connectivity index is 2.05. The van der Waals surface area contributed by atoms with Gasteiger partial charge in [0, 0.05) is 32.2 Å². The van der Waals surface area contributed by atoms with Crippen molar-refractivity contribution in [3.8, 4) is 0 Å². The largest absolute Gasteiger partial charge is 0.466 e. The van der Waals surface area contributed by atoms with Crippen LogP contribution in [0, 0.1) is 5.92 Å². The molecule has 0 bridgehead atoms. The van der Waals surface area contributed by atoms with Crippen LogP contribution in [0.4, 0.5) is 0 Å². The van der Waals surface area contributed by atoms with Crippen molar-refractivity contribution in [1.82, 2.24) is 14.5 Å². The fourth-order valence-corrected chi connectivity index (χ4v) is 4.84. The number of sulfonamides is 1. The number of carbonyl (C=O) groups is 1. The molecule has 2 rings (SSSR count). The lowest BCUT2D eigenvalue weighted by Gasteiger charge is -2.34. The van der Waals surface area contributed by atoms with Gasteiger partial charge in [0.1, 0.15) is 0 Å². The second kappa shape index (κ2) is 9.55. The molecule has 0 amide bonds. The van der Waals surface area contributed by atoms with Crippen molar-refractivity contribution in [3.63, 3.8) is 0 Å². The van der Waals surface area contributed by atoms with Crippen molar-refractivity contribution in [3.05, 3.63) is 0 Å². The number of ether oxygens (including phenoxy) is 1. The summed E-state index contributed by atoms with van der Waals surface area (Å²) in [5.41, 5.74) is 0. The maximum absolute atomic E-state index is 12.1. The molecule has 26 heavy (non-hydrogen) atoms. The highest BCUT2D eigenvalue weighted by molar-refractivity contribution is 7.88. The lowest BCUT2D eigenvalue weighted by Crippen LogP contribution is -2.48. The second-order valence-electron chi connectivity index (χ2n) is 6.90. The van der Waals surface area contributed by atoms with Gasteiger partial charge in [-0.3, -0.25) is 9.79 Å². The third-order valence-corrected chi connectivity index (χ3v) is 6.21. The number of hydrogen-bond donors (Lipinski definition) is 1. The summed E-state index contributed by atoms with van der Waals surface area (Å²) < 4.78 is 30.5. The number of nitrogens with zero attached hydrogens (tertiary/aromatic N) is 3. The predicted molar refractivity (Wildman–Crippen MR) is 101 cm³/mol. The monoisotopic (exact) mass is 388 g/mol. The van der Waals surface area contributed by atoms with Crippen molar-refractivity contribution in [2.75, 3.05) is 45.6 Å². The molecule has 0 radical (unpaired) electrons. The summed E-state index contributed by atoms with van der Waals surface area (Å²) in [6, 6.07) is -0.0794. The summed E-state index contributed by atoms with van der Waals surface area (Å²) in [4.78, 5) is 18.8. The van der Waals surface area contributed by atoms with Gasteiger partial charge in [-0.05, 0) is 39.5 Å². The first-order valence-corrected chi connectivity index (χ1v) is 11.4. The van der Waals surface area contributed by atoms with Crippen LogP contribution in [0.5, 0.6) is 0 Å². The lowest BCUT2D eigenvalue weighted by molar-refractivity contribution is -0.149. The van der Waals surface area contributed by atoms with E-state index in [1.807, 2.05) is 13.8 Å². The van der Waals surface area contributed by atoms with Crippen molar-refractivity contribution < 1.29 is 17.9 Å². The van der Waals surface area contributed by atoms with E-state index in [1.54, 1.807) is 4.31 Å². The zero-order chi connectivity index (χ0) is 19.2. The summed E-state index contributed by atoms with van der Waals surface area (Å²) in [7, 11) is -3.19. The van der Waals surface area contributed by atoms with E-state index >= 15 is 0 Å². The molecule has 9 heteroatoms. The van der Waals surface area contributed by atoms with Gasteiger partial charge >= 0.3 is 5.97 Å². The van der Waals surface area contributed by atoms with Gasteiger partial charge in [-0.2, -0.15) is 4.31 Å². The maximum Gasteiger partial charge on any atom is 0.310 e. The van der Waals surface area contributed by atoms with Crippen LogP contribution in [0.3, 0.4) is 0 Å². The topological polar surface area (TPSA) is 91.3 Å². The van der Waals surface area contributed by atoms with Gasteiger partial charge in [0.15, 0.2) is 5.96 Å². The van der Waals surface area contributed by atoms with E-state index in [4.69, 9.17) is 9.73 Å². The van der Waals surface area contributed by atoms with Crippen LogP contribution < -0.4 is 5.32 Å². The molecule has 1 N–H and O–H groups in total. The molecule has 2 heterocycles. The van der Waals surface area contributed by atoms with Gasteiger partial charge in [0.05, 0.1) is 25.3 Å². The molecule has 0 aliphatic carbocycles. The molecule has 2 aliphatic rings. The van der Waals surface area contributed by atoms with Gasteiger partial charge in [-0.25, -0.2) is 8.42 Å². The normalized spacial score (nSPS) is 25.3. The van der Waals surface area contributed by atoms with Crippen molar-refractivity contribution >= 4 is 22.0 Å². The van der Waals surface area contributed by atoms with E-state index in [-0.39, 0.29) is 17.9 Å². The summed E-state index contributed by atoms with van der Waals surface area (Å²) in [6.07, 6.45) is 4.71. The van der Waals surface area contributed by atoms with Crippen LogP contribution in [0.2, 0.25) is 0 Å². The third-order valence-electron chi connectivity index (χ3n) is 4.88. The highest BCUT2D eigenvalue weighted by atomic mass is 32.2. The highest BCUT2D eigenvalue weighted by Crippen LogP contribution is 2.21. The zero-order valence-corrected chi connectivity index (χ0v) is 16.9. The number of aliphatic imine (C=N–C) groups is 1. The van der Waals surface area contributed by atoms with E-state index < -0.39 is 10.0 Å². The summed E-state index contributed by atoms with van der Waals surface area (Å²) >= 11 is 0. The molecule has 0 spiro atoms. The number of carbonyl (C=O) groups excluding carboxylic acids is 1. The van der Waals surface area contributed by atoms with E-state index in [0.717, 1.165) is 44.7 Å². The number of piperidine rings is 1. The fourth-order valence-electron chi connectivity index (χ4n) is 3.67. The number of likely N-dealkylation sites (tertiary alicyclic amines) is 1. The Morgan fingerprint density at radius 3 is 2.62 bits per heavy atom. The minimum Gasteiger partial charge on any atom is -0.466 e. The molecule has 2 fully saturated rings. The van der Waals surface area contributed by atoms with Crippen LogP contribution >= 0.6 is 0 Å². The number of nitrogens with one attached hydrogen (secondary N) is 1. The Morgan fingerprint density at radius 1 is 1.23 bits per heavy atom. The molecule has 8 nitrogen and oxygen atoms in total. The highest BCUT2D eigenvalue weighted by Gasteiger charge is 2.32. The van der Waals surface area contributed by atoms with E-state index in [2.05, 4.69) is 10.2 Å². The number of rotatable bonds is 6. The second-order valence-corrected chi connectivity index (χ2v) is 8.84. The van der Waals surface area contributed by atoms with Crippen molar-refractivity contribution in [2.24, 2.45) is 10.9 Å². The molecule has 0 saturated carbocycles. The summed E-state index contributed by atoms with van der Waals surface area (Å²) in [5.74, 6) is 0.473. The molecule has 150 valence electrons. The molecular formula is C17H32N4O4S. The van der Waals surface area contributed by atoms with E-state index in [0.29, 0.717) is 26.2 Å². The van der Waals surface area contributed by atoms with Gasteiger partial charge < -0.3 is 15.0 Å². The van der Waals surface area contributed by atoms with Gasteiger partial charge in [0.2, 0.25) is 10.0 Å². The first kappa shape index (κ1) is 21.0. The Kier molecular flexibility index (Phi) is 7.69. The Hall–Kier alpha value is -1.35. The zero-order valence-electron chi connectivity index (χ0n) is 16.1. The van der Waals surface area contributed by atoms with Crippen molar-refractivity contribution in [2.45, 2.75) is 45.6 Å². The SMILES string of the molecule is CCNC(=NC[C@H]1CCCN1S(C)(=O)=O)N1CCC[C@@H](C(=O)OCC)C1. The number of guanidine groups is 1.